The number of carboxylic acids is 1. The molecule has 2 rings (SSSR count). The molecule has 0 aliphatic carbocycles. The number of aliphatic hydroxyl groups is 1. The van der Waals surface area contributed by atoms with Gasteiger partial charge in [-0.25, -0.2) is 4.79 Å². The molecule has 2 heterocycles. The molecule has 3 atom stereocenters. The van der Waals surface area contributed by atoms with Crippen LogP contribution >= 0.6 is 0 Å². The molecule has 0 aromatic rings. The first-order valence-corrected chi connectivity index (χ1v) is 5.49. The molecule has 2 saturated heterocycles. The van der Waals surface area contributed by atoms with E-state index in [4.69, 9.17) is 5.11 Å². The number of carboxylic acid groups (broad SMARTS) is 1. The van der Waals surface area contributed by atoms with E-state index >= 15 is 0 Å². The van der Waals surface area contributed by atoms with Gasteiger partial charge in [0.2, 0.25) is 11.8 Å². The average Bonchev–Trinajstić information content (AvgIpc) is 2.83. The van der Waals surface area contributed by atoms with Gasteiger partial charge in [-0.3, -0.25) is 9.59 Å². The van der Waals surface area contributed by atoms with Gasteiger partial charge in [0, 0.05) is 19.4 Å². The zero-order valence-corrected chi connectivity index (χ0v) is 9.13. The quantitative estimate of drug-likeness (QED) is 0.535. The SMILES string of the molecule is O=C1CC[C@H](C(=O)N2C[C@@H](O)C[C@H]2C(=O)O)N1. The van der Waals surface area contributed by atoms with Crippen molar-refractivity contribution in [3.05, 3.63) is 0 Å². The van der Waals surface area contributed by atoms with E-state index in [1.54, 1.807) is 0 Å². The molecule has 0 bridgehead atoms. The summed E-state index contributed by atoms with van der Waals surface area (Å²) in [5.41, 5.74) is 0. The minimum absolute atomic E-state index is 0.0160. The third-order valence-corrected chi connectivity index (χ3v) is 3.14. The van der Waals surface area contributed by atoms with Crippen LogP contribution in [-0.2, 0) is 14.4 Å². The summed E-state index contributed by atoms with van der Waals surface area (Å²) >= 11 is 0. The number of nitrogens with zero attached hydrogens (tertiary/aromatic N) is 1. The molecular formula is C10H14N2O5. The molecule has 3 N–H and O–H groups in total. The van der Waals surface area contributed by atoms with Gasteiger partial charge in [-0.2, -0.15) is 0 Å². The minimum atomic E-state index is -1.13. The Morgan fingerprint density at radius 2 is 2.12 bits per heavy atom. The van der Waals surface area contributed by atoms with Crippen LogP contribution < -0.4 is 5.32 Å². The molecule has 2 aliphatic heterocycles. The van der Waals surface area contributed by atoms with Gasteiger partial charge in [-0.1, -0.05) is 0 Å². The average molecular weight is 242 g/mol. The van der Waals surface area contributed by atoms with Crippen molar-refractivity contribution in [1.29, 1.82) is 0 Å². The van der Waals surface area contributed by atoms with E-state index in [9.17, 15) is 19.5 Å². The fourth-order valence-electron chi connectivity index (χ4n) is 2.29. The Morgan fingerprint density at radius 3 is 2.65 bits per heavy atom. The van der Waals surface area contributed by atoms with Crippen molar-refractivity contribution >= 4 is 17.8 Å². The molecule has 7 heteroatoms. The molecular weight excluding hydrogens is 228 g/mol. The van der Waals surface area contributed by atoms with Crippen molar-refractivity contribution in [1.82, 2.24) is 10.2 Å². The zero-order chi connectivity index (χ0) is 12.6. The van der Waals surface area contributed by atoms with Crippen LogP contribution in [0.25, 0.3) is 0 Å². The number of aliphatic carboxylic acids is 1. The first kappa shape index (κ1) is 11.8. The lowest BCUT2D eigenvalue weighted by Gasteiger charge is -2.24. The molecule has 2 aliphatic rings. The van der Waals surface area contributed by atoms with Crippen LogP contribution in [-0.4, -0.2) is 57.6 Å². The number of hydrogen-bond acceptors (Lipinski definition) is 4. The Labute approximate surface area is 97.4 Å². The Morgan fingerprint density at radius 1 is 1.41 bits per heavy atom. The van der Waals surface area contributed by atoms with Crippen LogP contribution in [0, 0.1) is 0 Å². The Bertz CT molecular complexity index is 370. The van der Waals surface area contributed by atoms with Gasteiger partial charge >= 0.3 is 5.97 Å². The summed E-state index contributed by atoms with van der Waals surface area (Å²) in [5, 5.41) is 20.9. The molecule has 7 nitrogen and oxygen atoms in total. The van der Waals surface area contributed by atoms with E-state index in [2.05, 4.69) is 5.32 Å². The lowest BCUT2D eigenvalue weighted by atomic mass is 10.1. The number of rotatable bonds is 2. The molecule has 0 radical (unpaired) electrons. The van der Waals surface area contributed by atoms with Crippen LogP contribution in [0.1, 0.15) is 19.3 Å². The van der Waals surface area contributed by atoms with Gasteiger partial charge in [-0.15, -0.1) is 0 Å². The Hall–Kier alpha value is -1.63. The lowest BCUT2D eigenvalue weighted by Crippen LogP contribution is -2.49. The highest BCUT2D eigenvalue weighted by atomic mass is 16.4. The van der Waals surface area contributed by atoms with Crippen molar-refractivity contribution in [3.63, 3.8) is 0 Å². The summed E-state index contributed by atoms with van der Waals surface area (Å²) in [4.78, 5) is 35.1. The summed E-state index contributed by atoms with van der Waals surface area (Å²) in [5.74, 6) is -1.74. The summed E-state index contributed by atoms with van der Waals surface area (Å²) in [6.07, 6.45) is -0.0970. The van der Waals surface area contributed by atoms with Gasteiger partial charge in [0.05, 0.1) is 6.10 Å². The highest BCUT2D eigenvalue weighted by Crippen LogP contribution is 2.21. The molecule has 94 valence electrons. The van der Waals surface area contributed by atoms with E-state index in [1.165, 1.54) is 0 Å². The summed E-state index contributed by atoms with van der Waals surface area (Å²) in [6, 6.07) is -1.63. The first-order chi connectivity index (χ1) is 7.99. The van der Waals surface area contributed by atoms with E-state index < -0.39 is 30.1 Å². The number of aliphatic hydroxyl groups excluding tert-OH is 1. The van der Waals surface area contributed by atoms with Gasteiger partial charge in [0.15, 0.2) is 0 Å². The van der Waals surface area contributed by atoms with Crippen molar-refractivity contribution in [2.45, 2.75) is 37.5 Å². The predicted molar refractivity (Wildman–Crippen MR) is 54.9 cm³/mol. The van der Waals surface area contributed by atoms with Crippen LogP contribution in [0.2, 0.25) is 0 Å². The summed E-state index contributed by atoms with van der Waals surface area (Å²) in [6.45, 7) is 0.0160. The lowest BCUT2D eigenvalue weighted by molar-refractivity contribution is -0.149. The van der Waals surface area contributed by atoms with E-state index in [1.807, 2.05) is 0 Å². The molecule has 0 saturated carbocycles. The maximum atomic E-state index is 12.0. The largest absolute Gasteiger partial charge is 0.480 e. The predicted octanol–water partition coefficient (Wildman–Crippen LogP) is -1.69. The van der Waals surface area contributed by atoms with E-state index in [0.717, 1.165) is 4.90 Å². The first-order valence-electron chi connectivity index (χ1n) is 5.49. The van der Waals surface area contributed by atoms with Crippen molar-refractivity contribution < 1.29 is 24.6 Å². The second kappa shape index (κ2) is 4.33. The highest BCUT2D eigenvalue weighted by molar-refractivity contribution is 5.93. The molecule has 0 aromatic heterocycles. The number of carbonyl (C=O) groups excluding carboxylic acids is 2. The maximum Gasteiger partial charge on any atom is 0.326 e. The minimum Gasteiger partial charge on any atom is -0.480 e. The van der Waals surface area contributed by atoms with Crippen LogP contribution in [0.4, 0.5) is 0 Å². The molecule has 0 aromatic carbocycles. The number of hydrogen-bond donors (Lipinski definition) is 3. The second-order valence-electron chi connectivity index (χ2n) is 4.39. The van der Waals surface area contributed by atoms with Crippen LogP contribution in [0.5, 0.6) is 0 Å². The van der Waals surface area contributed by atoms with E-state index in [-0.39, 0.29) is 25.3 Å². The van der Waals surface area contributed by atoms with Gasteiger partial charge in [0.1, 0.15) is 12.1 Å². The maximum absolute atomic E-state index is 12.0. The molecule has 2 amide bonds. The monoisotopic (exact) mass is 242 g/mol. The zero-order valence-electron chi connectivity index (χ0n) is 9.13. The number of amides is 2. The van der Waals surface area contributed by atoms with Crippen molar-refractivity contribution in [2.75, 3.05) is 6.54 Å². The number of carbonyl (C=O) groups is 3. The number of β-amino-alcohol motifs (C(OH)–C–C–N with tert-alkyl or cyclic N) is 1. The van der Waals surface area contributed by atoms with Gasteiger partial charge in [-0.05, 0) is 6.42 Å². The van der Waals surface area contributed by atoms with E-state index in [0.29, 0.717) is 6.42 Å². The topological polar surface area (TPSA) is 107 Å². The standard InChI is InChI=1S/C10H14N2O5/c13-5-3-7(10(16)17)12(4-5)9(15)6-1-2-8(14)11-6/h5-7,13H,1-4H2,(H,11,14)(H,16,17)/t5-,6+,7-/m0/s1. The Balaban J connectivity index is 2.07. The number of nitrogens with one attached hydrogen (secondary N) is 1. The van der Waals surface area contributed by atoms with Gasteiger partial charge in [0.25, 0.3) is 0 Å². The van der Waals surface area contributed by atoms with Crippen LogP contribution in [0.15, 0.2) is 0 Å². The number of likely N-dealkylation sites (tertiary alicyclic amines) is 1. The molecule has 0 unspecified atom stereocenters. The third kappa shape index (κ3) is 2.23. The van der Waals surface area contributed by atoms with Crippen molar-refractivity contribution in [2.24, 2.45) is 0 Å². The van der Waals surface area contributed by atoms with Crippen LogP contribution in [0.3, 0.4) is 0 Å². The Kier molecular flexibility index (Phi) is 3.01. The fraction of sp³-hybridized carbons (Fsp3) is 0.700. The smallest absolute Gasteiger partial charge is 0.326 e. The summed E-state index contributed by atoms with van der Waals surface area (Å²) in [7, 11) is 0. The highest BCUT2D eigenvalue weighted by Gasteiger charge is 2.42. The molecule has 17 heavy (non-hydrogen) atoms. The fourth-order valence-corrected chi connectivity index (χ4v) is 2.29. The molecule has 0 spiro atoms. The third-order valence-electron chi connectivity index (χ3n) is 3.14. The molecule has 2 fully saturated rings. The normalized spacial score (nSPS) is 32.6. The van der Waals surface area contributed by atoms with Gasteiger partial charge < -0.3 is 20.4 Å². The van der Waals surface area contributed by atoms with Crippen molar-refractivity contribution in [3.8, 4) is 0 Å². The second-order valence-corrected chi connectivity index (χ2v) is 4.39. The summed E-state index contributed by atoms with van der Waals surface area (Å²) < 4.78 is 0.